The van der Waals surface area contributed by atoms with Gasteiger partial charge >= 0.3 is 5.97 Å². The van der Waals surface area contributed by atoms with Gasteiger partial charge in [0.15, 0.2) is 4.96 Å². The van der Waals surface area contributed by atoms with Gasteiger partial charge in [0, 0.05) is 29.8 Å². The highest BCUT2D eigenvalue weighted by Crippen LogP contribution is 2.24. The molecular formula is C17H13N3O4S. The fraction of sp³-hybridized carbons (Fsp3) is 0.176. The number of carbonyl (C=O) groups excluding carboxylic acids is 2. The van der Waals surface area contributed by atoms with E-state index in [-0.39, 0.29) is 18.1 Å². The van der Waals surface area contributed by atoms with Crippen molar-refractivity contribution in [2.45, 2.75) is 19.4 Å². The number of nitrogens with one attached hydrogen (secondary N) is 1. The van der Waals surface area contributed by atoms with Crippen molar-refractivity contribution in [1.29, 1.82) is 0 Å². The number of aryl methyl sites for hydroxylation is 1. The minimum absolute atomic E-state index is 0.0239. The number of hydrogen-bond acceptors (Lipinski definition) is 6. The SMILES string of the molecule is O=C1CCc2cc(C(=O)OCc3cc(=O)n4ccsc4n3)ccc2N1. The lowest BCUT2D eigenvalue weighted by atomic mass is 10.0. The molecule has 8 heteroatoms. The molecular weight excluding hydrogens is 342 g/mol. The molecule has 0 fully saturated rings. The van der Waals surface area contributed by atoms with Crippen LogP contribution in [0.25, 0.3) is 4.96 Å². The zero-order valence-electron chi connectivity index (χ0n) is 13.0. The summed E-state index contributed by atoms with van der Waals surface area (Å²) < 4.78 is 6.71. The van der Waals surface area contributed by atoms with Crippen molar-refractivity contribution in [1.82, 2.24) is 9.38 Å². The molecule has 1 amide bonds. The topological polar surface area (TPSA) is 89.8 Å². The number of benzene rings is 1. The fourth-order valence-corrected chi connectivity index (χ4v) is 3.43. The first-order valence-corrected chi connectivity index (χ1v) is 8.54. The number of anilines is 1. The highest BCUT2D eigenvalue weighted by Gasteiger charge is 2.17. The lowest BCUT2D eigenvalue weighted by Crippen LogP contribution is -2.19. The van der Waals surface area contributed by atoms with Gasteiger partial charge in [-0.25, -0.2) is 9.78 Å². The second kappa shape index (κ2) is 6.14. The maximum absolute atomic E-state index is 12.2. The molecule has 25 heavy (non-hydrogen) atoms. The van der Waals surface area contributed by atoms with Gasteiger partial charge in [-0.15, -0.1) is 11.3 Å². The summed E-state index contributed by atoms with van der Waals surface area (Å²) in [6.45, 7) is -0.0731. The van der Waals surface area contributed by atoms with Crippen LogP contribution in [-0.2, 0) is 22.6 Å². The van der Waals surface area contributed by atoms with E-state index in [9.17, 15) is 14.4 Å². The predicted octanol–water partition coefficient (Wildman–Crippen LogP) is 2.00. The van der Waals surface area contributed by atoms with E-state index >= 15 is 0 Å². The first kappa shape index (κ1) is 15.5. The van der Waals surface area contributed by atoms with Gasteiger partial charge in [-0.3, -0.25) is 14.0 Å². The van der Waals surface area contributed by atoms with E-state index in [0.29, 0.717) is 29.1 Å². The third-order valence-electron chi connectivity index (χ3n) is 3.94. The molecule has 0 saturated carbocycles. The van der Waals surface area contributed by atoms with Crippen molar-refractivity contribution in [2.75, 3.05) is 5.32 Å². The van der Waals surface area contributed by atoms with Gasteiger partial charge in [-0.1, -0.05) is 0 Å². The largest absolute Gasteiger partial charge is 0.456 e. The van der Waals surface area contributed by atoms with Crippen molar-refractivity contribution < 1.29 is 14.3 Å². The average Bonchev–Trinajstić information content (AvgIpc) is 3.08. The molecule has 3 aromatic rings. The molecule has 1 N–H and O–H groups in total. The molecule has 0 atom stereocenters. The smallest absolute Gasteiger partial charge is 0.338 e. The molecule has 0 unspecified atom stereocenters. The number of aromatic nitrogens is 2. The number of ether oxygens (including phenoxy) is 1. The molecule has 1 aliphatic heterocycles. The van der Waals surface area contributed by atoms with Crippen molar-refractivity contribution in [3.63, 3.8) is 0 Å². The Labute approximate surface area is 145 Å². The van der Waals surface area contributed by atoms with Gasteiger partial charge in [-0.2, -0.15) is 0 Å². The number of thiazole rings is 1. The van der Waals surface area contributed by atoms with E-state index in [0.717, 1.165) is 11.3 Å². The summed E-state index contributed by atoms with van der Waals surface area (Å²) in [5.74, 6) is -0.517. The number of esters is 1. The van der Waals surface area contributed by atoms with Gasteiger partial charge in [0.1, 0.15) is 6.61 Å². The number of carbonyl (C=O) groups is 2. The van der Waals surface area contributed by atoms with Crippen LogP contribution in [0.3, 0.4) is 0 Å². The maximum atomic E-state index is 12.2. The van der Waals surface area contributed by atoms with Gasteiger partial charge in [0.25, 0.3) is 5.56 Å². The summed E-state index contributed by atoms with van der Waals surface area (Å²) in [5, 5.41) is 4.54. The number of rotatable bonds is 3. The summed E-state index contributed by atoms with van der Waals surface area (Å²) in [7, 11) is 0. The Morgan fingerprint density at radius 3 is 3.04 bits per heavy atom. The predicted molar refractivity (Wildman–Crippen MR) is 91.9 cm³/mol. The highest BCUT2D eigenvalue weighted by molar-refractivity contribution is 7.15. The third kappa shape index (κ3) is 3.03. The fourth-order valence-electron chi connectivity index (χ4n) is 2.69. The van der Waals surface area contributed by atoms with Gasteiger partial charge < -0.3 is 10.1 Å². The quantitative estimate of drug-likeness (QED) is 0.726. The Morgan fingerprint density at radius 1 is 1.28 bits per heavy atom. The molecule has 126 valence electrons. The monoisotopic (exact) mass is 355 g/mol. The normalized spacial score (nSPS) is 13.4. The van der Waals surface area contributed by atoms with Crippen LogP contribution >= 0.6 is 11.3 Å². The molecule has 1 aromatic carbocycles. The lowest BCUT2D eigenvalue weighted by molar-refractivity contribution is -0.116. The van der Waals surface area contributed by atoms with E-state index in [1.807, 2.05) is 0 Å². The number of nitrogens with zero attached hydrogens (tertiary/aromatic N) is 2. The molecule has 7 nitrogen and oxygen atoms in total. The first-order chi connectivity index (χ1) is 12.1. The molecule has 0 radical (unpaired) electrons. The summed E-state index contributed by atoms with van der Waals surface area (Å²) in [6, 6.07) is 6.39. The number of fused-ring (bicyclic) bond motifs is 2. The number of hydrogen-bond donors (Lipinski definition) is 1. The van der Waals surface area contributed by atoms with Crippen LogP contribution in [-0.4, -0.2) is 21.3 Å². The maximum Gasteiger partial charge on any atom is 0.338 e. The van der Waals surface area contributed by atoms with Crippen LogP contribution < -0.4 is 10.9 Å². The van der Waals surface area contributed by atoms with E-state index in [2.05, 4.69) is 10.3 Å². The van der Waals surface area contributed by atoms with Crippen molar-refractivity contribution in [2.24, 2.45) is 0 Å². The van der Waals surface area contributed by atoms with E-state index in [1.54, 1.807) is 29.8 Å². The minimum atomic E-state index is -0.493. The molecule has 1 aliphatic rings. The summed E-state index contributed by atoms with van der Waals surface area (Å²) >= 11 is 1.34. The van der Waals surface area contributed by atoms with Crippen LogP contribution in [0.2, 0.25) is 0 Å². The Morgan fingerprint density at radius 2 is 2.16 bits per heavy atom. The summed E-state index contributed by atoms with van der Waals surface area (Å²) in [6.07, 6.45) is 2.65. The van der Waals surface area contributed by atoms with Crippen LogP contribution in [0, 0.1) is 0 Å². The van der Waals surface area contributed by atoms with Crippen LogP contribution in [0.15, 0.2) is 40.6 Å². The first-order valence-electron chi connectivity index (χ1n) is 7.66. The summed E-state index contributed by atoms with van der Waals surface area (Å²) in [4.78, 5) is 40.4. The summed E-state index contributed by atoms with van der Waals surface area (Å²) in [5.41, 5.74) is 2.24. The molecule has 0 saturated heterocycles. The lowest BCUT2D eigenvalue weighted by Gasteiger charge is -2.17. The Hall–Kier alpha value is -3.00. The zero-order chi connectivity index (χ0) is 17.4. The van der Waals surface area contributed by atoms with Gasteiger partial charge in [-0.05, 0) is 30.2 Å². The Balaban J connectivity index is 1.50. The second-order valence-corrected chi connectivity index (χ2v) is 6.51. The van der Waals surface area contributed by atoms with Crippen molar-refractivity contribution in [3.05, 3.63) is 63.0 Å². The minimum Gasteiger partial charge on any atom is -0.456 e. The van der Waals surface area contributed by atoms with Crippen LogP contribution in [0.5, 0.6) is 0 Å². The van der Waals surface area contributed by atoms with Gasteiger partial charge in [0.05, 0.1) is 11.3 Å². The average molecular weight is 355 g/mol. The Kier molecular flexibility index (Phi) is 3.81. The van der Waals surface area contributed by atoms with Gasteiger partial charge in [0.2, 0.25) is 5.91 Å². The van der Waals surface area contributed by atoms with Crippen molar-refractivity contribution >= 4 is 33.9 Å². The van der Waals surface area contributed by atoms with Crippen LogP contribution in [0.4, 0.5) is 5.69 Å². The van der Waals surface area contributed by atoms with E-state index < -0.39 is 5.97 Å². The van der Waals surface area contributed by atoms with Crippen molar-refractivity contribution in [3.8, 4) is 0 Å². The molecule has 0 bridgehead atoms. The Bertz CT molecular complexity index is 1050. The second-order valence-electron chi connectivity index (χ2n) is 5.64. The highest BCUT2D eigenvalue weighted by atomic mass is 32.1. The van der Waals surface area contributed by atoms with E-state index in [1.165, 1.54) is 21.8 Å². The molecule has 0 aliphatic carbocycles. The van der Waals surface area contributed by atoms with Crippen LogP contribution in [0.1, 0.15) is 28.0 Å². The standard InChI is InChI=1S/C17H13N3O4S/c21-14-4-2-10-7-11(1-3-13(10)19-14)16(23)24-9-12-8-15(22)20-5-6-25-17(20)18-12/h1,3,5-8H,2,4,9H2,(H,19,21). The zero-order valence-corrected chi connectivity index (χ0v) is 13.8. The molecule has 4 rings (SSSR count). The third-order valence-corrected chi connectivity index (χ3v) is 4.70. The molecule has 3 heterocycles. The number of amides is 1. The molecule has 2 aromatic heterocycles. The molecule has 0 spiro atoms. The van der Waals surface area contributed by atoms with E-state index in [4.69, 9.17) is 4.74 Å².